The number of carbonyl (C=O) groups is 1. The SMILES string of the molecule is O=C(O/N=C(/Cn1ccnc1)c1ccc2ccccc2c1)c1ccc(-c2ccccc2)cc1. The topological polar surface area (TPSA) is 56.5 Å². The Morgan fingerprint density at radius 2 is 1.48 bits per heavy atom. The minimum absolute atomic E-state index is 0.429. The minimum atomic E-state index is -0.501. The van der Waals surface area contributed by atoms with E-state index in [-0.39, 0.29) is 0 Å². The zero-order chi connectivity index (χ0) is 22.5. The van der Waals surface area contributed by atoms with Crippen molar-refractivity contribution in [3.05, 3.63) is 127 Å². The van der Waals surface area contributed by atoms with Gasteiger partial charge in [-0.05, 0) is 40.1 Å². The highest BCUT2D eigenvalue weighted by molar-refractivity contribution is 6.03. The van der Waals surface area contributed by atoms with E-state index in [1.807, 2.05) is 89.6 Å². The van der Waals surface area contributed by atoms with E-state index in [9.17, 15) is 4.79 Å². The fourth-order valence-electron chi connectivity index (χ4n) is 3.67. The van der Waals surface area contributed by atoms with Crippen molar-refractivity contribution in [3.8, 4) is 11.1 Å². The van der Waals surface area contributed by atoms with Crippen LogP contribution < -0.4 is 0 Å². The Hall–Kier alpha value is -4.51. The lowest BCUT2D eigenvalue weighted by Crippen LogP contribution is -2.13. The molecule has 5 nitrogen and oxygen atoms in total. The molecule has 33 heavy (non-hydrogen) atoms. The predicted molar refractivity (Wildman–Crippen MR) is 130 cm³/mol. The van der Waals surface area contributed by atoms with Gasteiger partial charge in [0.15, 0.2) is 0 Å². The summed E-state index contributed by atoms with van der Waals surface area (Å²) in [6.45, 7) is 0.429. The van der Waals surface area contributed by atoms with E-state index < -0.39 is 5.97 Å². The zero-order valence-electron chi connectivity index (χ0n) is 17.8. The fraction of sp³-hybridized carbons (Fsp3) is 0.0357. The molecule has 5 heteroatoms. The second kappa shape index (κ2) is 9.32. The van der Waals surface area contributed by atoms with E-state index in [0.29, 0.717) is 17.8 Å². The van der Waals surface area contributed by atoms with E-state index in [1.165, 1.54) is 0 Å². The standard InChI is InChI=1S/C28H21N3O2/c32-28(24-13-10-23(11-14-24)21-6-2-1-3-7-21)33-30-27(19-31-17-16-29-20-31)26-15-12-22-8-4-5-9-25(22)18-26/h1-18,20H,19H2/b30-27-. The van der Waals surface area contributed by atoms with Gasteiger partial charge in [0.05, 0.1) is 18.4 Å². The van der Waals surface area contributed by atoms with Crippen molar-refractivity contribution in [3.63, 3.8) is 0 Å². The van der Waals surface area contributed by atoms with Crippen LogP contribution in [0.15, 0.2) is 121 Å². The Bertz CT molecular complexity index is 1410. The summed E-state index contributed by atoms with van der Waals surface area (Å²) in [5, 5.41) is 6.48. The first kappa shape index (κ1) is 20.4. The quantitative estimate of drug-likeness (QED) is 0.189. The number of carbonyl (C=O) groups excluding carboxylic acids is 1. The van der Waals surface area contributed by atoms with E-state index in [0.717, 1.165) is 27.5 Å². The minimum Gasteiger partial charge on any atom is -0.331 e. The molecule has 0 aliphatic heterocycles. The number of rotatable bonds is 6. The van der Waals surface area contributed by atoms with Crippen molar-refractivity contribution in [2.24, 2.45) is 5.16 Å². The largest absolute Gasteiger partial charge is 0.365 e. The van der Waals surface area contributed by atoms with Crippen molar-refractivity contribution < 1.29 is 9.63 Å². The molecule has 4 aromatic carbocycles. The molecule has 0 saturated heterocycles. The van der Waals surface area contributed by atoms with Crippen molar-refractivity contribution in [1.82, 2.24) is 9.55 Å². The summed E-state index contributed by atoms with van der Waals surface area (Å²) in [6, 6.07) is 31.5. The van der Waals surface area contributed by atoms with Gasteiger partial charge in [0.1, 0.15) is 5.71 Å². The molecule has 0 radical (unpaired) electrons. The van der Waals surface area contributed by atoms with Gasteiger partial charge >= 0.3 is 5.97 Å². The smallest absolute Gasteiger partial charge is 0.331 e. The van der Waals surface area contributed by atoms with Gasteiger partial charge in [-0.2, -0.15) is 0 Å². The van der Waals surface area contributed by atoms with Crippen LogP contribution in [0.3, 0.4) is 0 Å². The van der Waals surface area contributed by atoms with Gasteiger partial charge in [-0.15, -0.1) is 0 Å². The predicted octanol–water partition coefficient (Wildman–Crippen LogP) is 5.96. The highest BCUT2D eigenvalue weighted by Crippen LogP contribution is 2.20. The first-order chi connectivity index (χ1) is 16.3. The molecule has 0 fully saturated rings. The molecule has 0 atom stereocenters. The monoisotopic (exact) mass is 431 g/mol. The summed E-state index contributed by atoms with van der Waals surface area (Å²) in [5.74, 6) is -0.501. The Morgan fingerprint density at radius 1 is 0.788 bits per heavy atom. The summed E-state index contributed by atoms with van der Waals surface area (Å²) >= 11 is 0. The second-order valence-corrected chi connectivity index (χ2v) is 7.66. The molecular weight excluding hydrogens is 410 g/mol. The molecule has 160 valence electrons. The molecule has 0 saturated carbocycles. The van der Waals surface area contributed by atoms with Crippen molar-refractivity contribution in [2.75, 3.05) is 0 Å². The van der Waals surface area contributed by atoms with Gasteiger partial charge in [0.2, 0.25) is 0 Å². The highest BCUT2D eigenvalue weighted by atomic mass is 16.7. The Balaban J connectivity index is 1.39. The Morgan fingerprint density at radius 3 is 2.24 bits per heavy atom. The maximum atomic E-state index is 12.7. The van der Waals surface area contributed by atoms with Crippen LogP contribution in [0.1, 0.15) is 15.9 Å². The molecule has 0 aliphatic carbocycles. The molecule has 1 aromatic heterocycles. The first-order valence-electron chi connectivity index (χ1n) is 10.6. The highest BCUT2D eigenvalue weighted by Gasteiger charge is 2.11. The third-order valence-corrected chi connectivity index (χ3v) is 5.44. The van der Waals surface area contributed by atoms with Gasteiger partial charge in [-0.25, -0.2) is 9.78 Å². The third-order valence-electron chi connectivity index (χ3n) is 5.44. The average Bonchev–Trinajstić information content (AvgIpc) is 3.40. The molecule has 0 aliphatic rings. The number of oxime groups is 1. The maximum absolute atomic E-state index is 12.7. The van der Waals surface area contributed by atoms with Gasteiger partial charge in [-0.1, -0.05) is 84.0 Å². The van der Waals surface area contributed by atoms with E-state index >= 15 is 0 Å². The average molecular weight is 431 g/mol. The summed E-state index contributed by atoms with van der Waals surface area (Å²) in [4.78, 5) is 22.2. The van der Waals surface area contributed by atoms with E-state index in [2.05, 4.69) is 16.2 Å². The summed E-state index contributed by atoms with van der Waals surface area (Å²) in [6.07, 6.45) is 5.26. The molecule has 0 unspecified atom stereocenters. The van der Waals surface area contributed by atoms with Crippen LogP contribution in [0, 0.1) is 0 Å². The molecule has 0 N–H and O–H groups in total. The number of nitrogens with zero attached hydrogens (tertiary/aromatic N) is 3. The number of imidazole rings is 1. The summed E-state index contributed by atoms with van der Waals surface area (Å²) in [7, 11) is 0. The number of hydrogen-bond donors (Lipinski definition) is 0. The Labute approximate surface area is 191 Å². The van der Waals surface area contributed by atoms with Gasteiger partial charge < -0.3 is 9.40 Å². The van der Waals surface area contributed by atoms with Gasteiger partial charge in [0.25, 0.3) is 0 Å². The molecule has 0 bridgehead atoms. The van der Waals surface area contributed by atoms with Crippen molar-refractivity contribution in [1.29, 1.82) is 0 Å². The lowest BCUT2D eigenvalue weighted by molar-refractivity contribution is 0.0515. The summed E-state index contributed by atoms with van der Waals surface area (Å²) < 4.78 is 1.89. The summed E-state index contributed by atoms with van der Waals surface area (Å²) in [5.41, 5.74) is 4.09. The molecule has 0 amide bonds. The molecule has 1 heterocycles. The van der Waals surface area contributed by atoms with Crippen LogP contribution >= 0.6 is 0 Å². The fourth-order valence-corrected chi connectivity index (χ4v) is 3.67. The second-order valence-electron chi connectivity index (χ2n) is 7.66. The van der Waals surface area contributed by atoms with E-state index in [4.69, 9.17) is 4.84 Å². The molecule has 5 rings (SSSR count). The number of benzene rings is 4. The Kier molecular flexibility index (Phi) is 5.76. The van der Waals surface area contributed by atoms with Crippen LogP contribution in [0.25, 0.3) is 21.9 Å². The number of fused-ring (bicyclic) bond motifs is 1. The van der Waals surface area contributed by atoms with Crippen LogP contribution in [0.2, 0.25) is 0 Å². The lowest BCUT2D eigenvalue weighted by Gasteiger charge is -2.09. The lowest BCUT2D eigenvalue weighted by atomic mass is 10.0. The first-order valence-corrected chi connectivity index (χ1v) is 10.6. The van der Waals surface area contributed by atoms with Crippen LogP contribution in [0.4, 0.5) is 0 Å². The molecule has 0 spiro atoms. The zero-order valence-corrected chi connectivity index (χ0v) is 17.8. The van der Waals surface area contributed by atoms with Crippen molar-refractivity contribution >= 4 is 22.5 Å². The number of hydrogen-bond acceptors (Lipinski definition) is 4. The number of aromatic nitrogens is 2. The van der Waals surface area contributed by atoms with Gasteiger partial charge in [-0.3, -0.25) is 0 Å². The van der Waals surface area contributed by atoms with Gasteiger partial charge in [0, 0.05) is 18.0 Å². The van der Waals surface area contributed by atoms with E-state index in [1.54, 1.807) is 24.7 Å². The van der Waals surface area contributed by atoms with Crippen LogP contribution in [-0.4, -0.2) is 21.2 Å². The molecular formula is C28H21N3O2. The maximum Gasteiger partial charge on any atom is 0.365 e. The van der Waals surface area contributed by atoms with Crippen molar-refractivity contribution in [2.45, 2.75) is 6.54 Å². The van der Waals surface area contributed by atoms with Crippen LogP contribution in [-0.2, 0) is 11.4 Å². The molecule has 5 aromatic rings. The van der Waals surface area contributed by atoms with Crippen LogP contribution in [0.5, 0.6) is 0 Å². The third kappa shape index (κ3) is 4.72. The normalized spacial score (nSPS) is 11.5.